The predicted molar refractivity (Wildman–Crippen MR) is 91.5 cm³/mol. The lowest BCUT2D eigenvalue weighted by Crippen LogP contribution is -2.49. The minimum atomic E-state index is -0.177. The summed E-state index contributed by atoms with van der Waals surface area (Å²) in [7, 11) is 0. The molecule has 3 rings (SSSR count). The van der Waals surface area contributed by atoms with Gasteiger partial charge in [0, 0.05) is 25.0 Å². The zero-order valence-corrected chi connectivity index (χ0v) is 14.0. The van der Waals surface area contributed by atoms with Crippen molar-refractivity contribution in [1.82, 2.24) is 10.2 Å². The highest BCUT2D eigenvalue weighted by atomic mass is 16.3. The Hall–Kier alpha value is -1.55. The Bertz CT molecular complexity index is 538. The molecular weight excluding hydrogens is 288 g/mol. The molecule has 1 saturated heterocycles. The Morgan fingerprint density at radius 2 is 1.91 bits per heavy atom. The van der Waals surface area contributed by atoms with Crippen LogP contribution in [-0.2, 0) is 0 Å². The van der Waals surface area contributed by atoms with Crippen LogP contribution in [0, 0.1) is 6.92 Å². The van der Waals surface area contributed by atoms with Gasteiger partial charge in [0.05, 0.1) is 6.10 Å². The fraction of sp³-hybridized carbons (Fsp3) is 0.632. The van der Waals surface area contributed by atoms with Crippen LogP contribution in [0.1, 0.15) is 55.6 Å². The summed E-state index contributed by atoms with van der Waals surface area (Å²) in [6.45, 7) is 3.82. The number of aryl methyl sites for hydroxylation is 1. The number of urea groups is 1. The predicted octanol–water partition coefficient (Wildman–Crippen LogP) is 3.19. The van der Waals surface area contributed by atoms with Crippen molar-refractivity contribution < 1.29 is 9.90 Å². The number of hydrogen-bond donors (Lipinski definition) is 2. The average molecular weight is 316 g/mol. The number of piperidine rings is 1. The largest absolute Gasteiger partial charge is 0.393 e. The molecule has 0 spiro atoms. The van der Waals surface area contributed by atoms with E-state index >= 15 is 0 Å². The first kappa shape index (κ1) is 16.3. The number of benzene rings is 1. The first-order valence-corrected chi connectivity index (χ1v) is 8.92. The van der Waals surface area contributed by atoms with Gasteiger partial charge in [-0.2, -0.15) is 0 Å². The maximum absolute atomic E-state index is 12.6. The van der Waals surface area contributed by atoms with E-state index in [1.54, 1.807) is 0 Å². The number of amides is 2. The third-order valence-corrected chi connectivity index (χ3v) is 5.36. The number of aliphatic hydroxyl groups is 1. The number of carbonyl (C=O) groups excluding carboxylic acids is 1. The van der Waals surface area contributed by atoms with Gasteiger partial charge in [0.15, 0.2) is 0 Å². The second-order valence-corrected chi connectivity index (χ2v) is 7.10. The fourth-order valence-corrected chi connectivity index (χ4v) is 3.95. The van der Waals surface area contributed by atoms with Crippen molar-refractivity contribution >= 4 is 6.03 Å². The van der Waals surface area contributed by atoms with Crippen LogP contribution in [0.15, 0.2) is 24.3 Å². The maximum atomic E-state index is 12.6. The zero-order valence-electron chi connectivity index (χ0n) is 14.0. The second kappa shape index (κ2) is 7.35. The molecule has 1 aliphatic carbocycles. The van der Waals surface area contributed by atoms with Crippen LogP contribution in [-0.4, -0.2) is 41.3 Å². The van der Waals surface area contributed by atoms with Crippen LogP contribution >= 0.6 is 0 Å². The number of aliphatic hydroxyl groups excluding tert-OH is 1. The maximum Gasteiger partial charge on any atom is 0.317 e. The molecule has 0 aromatic heterocycles. The third kappa shape index (κ3) is 4.05. The van der Waals surface area contributed by atoms with E-state index in [0.29, 0.717) is 5.92 Å². The highest BCUT2D eigenvalue weighted by Gasteiger charge is 2.28. The van der Waals surface area contributed by atoms with Crippen LogP contribution in [0.2, 0.25) is 0 Å². The Morgan fingerprint density at radius 3 is 2.65 bits per heavy atom. The SMILES string of the molecule is Cc1ccccc1[C@@H]1CCCN(C(=O)NC2CCC(O)CC2)C1. The lowest BCUT2D eigenvalue weighted by atomic mass is 9.88. The van der Waals surface area contributed by atoms with Crippen molar-refractivity contribution in [3.8, 4) is 0 Å². The Kier molecular flexibility index (Phi) is 5.21. The van der Waals surface area contributed by atoms with Gasteiger partial charge in [-0.1, -0.05) is 24.3 Å². The minimum absolute atomic E-state index is 0.0738. The highest BCUT2D eigenvalue weighted by Crippen LogP contribution is 2.29. The van der Waals surface area contributed by atoms with Crippen LogP contribution in [0.25, 0.3) is 0 Å². The molecular formula is C19H28N2O2. The van der Waals surface area contributed by atoms with Gasteiger partial charge in [-0.3, -0.25) is 0 Å². The summed E-state index contributed by atoms with van der Waals surface area (Å²) < 4.78 is 0. The average Bonchev–Trinajstić information content (AvgIpc) is 2.57. The lowest BCUT2D eigenvalue weighted by Gasteiger charge is -2.35. The summed E-state index contributed by atoms with van der Waals surface area (Å²) in [5.74, 6) is 0.448. The summed E-state index contributed by atoms with van der Waals surface area (Å²) in [6, 6.07) is 8.82. The van der Waals surface area contributed by atoms with Crippen molar-refractivity contribution in [2.75, 3.05) is 13.1 Å². The summed E-state index contributed by atoms with van der Waals surface area (Å²) in [4.78, 5) is 14.5. The summed E-state index contributed by atoms with van der Waals surface area (Å²) in [6.07, 6.45) is 5.43. The van der Waals surface area contributed by atoms with E-state index in [2.05, 4.69) is 36.5 Å². The van der Waals surface area contributed by atoms with Gasteiger partial charge >= 0.3 is 6.03 Å². The van der Waals surface area contributed by atoms with E-state index in [4.69, 9.17) is 0 Å². The van der Waals surface area contributed by atoms with Crippen molar-refractivity contribution in [3.63, 3.8) is 0 Å². The molecule has 23 heavy (non-hydrogen) atoms. The van der Waals surface area contributed by atoms with E-state index in [0.717, 1.165) is 51.6 Å². The van der Waals surface area contributed by atoms with E-state index < -0.39 is 0 Å². The van der Waals surface area contributed by atoms with Gasteiger partial charge in [-0.05, 0) is 56.6 Å². The summed E-state index contributed by atoms with van der Waals surface area (Å²) in [5.41, 5.74) is 2.70. The highest BCUT2D eigenvalue weighted by molar-refractivity contribution is 5.74. The molecule has 0 unspecified atom stereocenters. The number of rotatable bonds is 2. The Balaban J connectivity index is 1.58. The molecule has 126 valence electrons. The van der Waals surface area contributed by atoms with Crippen molar-refractivity contribution in [3.05, 3.63) is 35.4 Å². The van der Waals surface area contributed by atoms with Crippen LogP contribution in [0.5, 0.6) is 0 Å². The molecule has 1 aliphatic heterocycles. The third-order valence-electron chi connectivity index (χ3n) is 5.36. The molecule has 0 bridgehead atoms. The molecule has 4 heteroatoms. The first-order valence-electron chi connectivity index (χ1n) is 8.92. The number of nitrogens with zero attached hydrogens (tertiary/aromatic N) is 1. The molecule has 2 amide bonds. The van der Waals surface area contributed by atoms with Gasteiger partial charge in [-0.25, -0.2) is 4.79 Å². The Morgan fingerprint density at radius 1 is 1.17 bits per heavy atom. The lowest BCUT2D eigenvalue weighted by molar-refractivity contribution is 0.114. The molecule has 4 nitrogen and oxygen atoms in total. The monoisotopic (exact) mass is 316 g/mol. The molecule has 2 fully saturated rings. The van der Waals surface area contributed by atoms with Crippen molar-refractivity contribution in [2.24, 2.45) is 0 Å². The van der Waals surface area contributed by atoms with Gasteiger partial charge in [0.2, 0.25) is 0 Å². The van der Waals surface area contributed by atoms with Gasteiger partial charge in [0.1, 0.15) is 0 Å². The van der Waals surface area contributed by atoms with Crippen LogP contribution in [0.3, 0.4) is 0 Å². The van der Waals surface area contributed by atoms with Gasteiger partial charge < -0.3 is 15.3 Å². The smallest absolute Gasteiger partial charge is 0.317 e. The van der Waals surface area contributed by atoms with Crippen LogP contribution < -0.4 is 5.32 Å². The number of likely N-dealkylation sites (tertiary alicyclic amines) is 1. The fourth-order valence-electron chi connectivity index (χ4n) is 3.95. The Labute approximate surface area is 138 Å². The van der Waals surface area contributed by atoms with Crippen molar-refractivity contribution in [1.29, 1.82) is 0 Å². The summed E-state index contributed by atoms with van der Waals surface area (Å²) >= 11 is 0. The van der Waals surface area contributed by atoms with E-state index in [-0.39, 0.29) is 18.2 Å². The topological polar surface area (TPSA) is 52.6 Å². The molecule has 0 radical (unpaired) electrons. The van der Waals surface area contributed by atoms with Gasteiger partial charge in [-0.15, -0.1) is 0 Å². The van der Waals surface area contributed by atoms with E-state index in [1.807, 2.05) is 4.90 Å². The van der Waals surface area contributed by atoms with E-state index in [1.165, 1.54) is 11.1 Å². The van der Waals surface area contributed by atoms with Gasteiger partial charge in [0.25, 0.3) is 0 Å². The molecule has 1 saturated carbocycles. The molecule has 1 aromatic carbocycles. The normalized spacial score (nSPS) is 28.4. The second-order valence-electron chi connectivity index (χ2n) is 7.10. The number of carbonyl (C=O) groups is 1. The van der Waals surface area contributed by atoms with E-state index in [9.17, 15) is 9.90 Å². The molecule has 1 heterocycles. The summed E-state index contributed by atoms with van der Waals surface area (Å²) in [5, 5.41) is 12.7. The van der Waals surface area contributed by atoms with Crippen molar-refractivity contribution in [2.45, 2.75) is 63.5 Å². The number of hydrogen-bond acceptors (Lipinski definition) is 2. The quantitative estimate of drug-likeness (QED) is 0.880. The number of nitrogens with one attached hydrogen (secondary N) is 1. The molecule has 1 aromatic rings. The molecule has 1 atom stereocenters. The standard InChI is InChI=1S/C19H28N2O2/c1-14-5-2-3-7-18(14)15-6-4-12-21(13-15)19(23)20-16-8-10-17(22)11-9-16/h2-3,5,7,15-17,22H,4,6,8-13H2,1H3,(H,20,23)/t15-,16?,17?/m1/s1. The van der Waals surface area contributed by atoms with Crippen LogP contribution in [0.4, 0.5) is 4.79 Å². The zero-order chi connectivity index (χ0) is 16.2. The first-order chi connectivity index (χ1) is 11.1. The molecule has 2 N–H and O–H groups in total. The molecule has 2 aliphatic rings. The minimum Gasteiger partial charge on any atom is -0.393 e.